The smallest absolute Gasteiger partial charge is 0.318 e. The minimum absolute atomic E-state index is 0.136. The zero-order valence-electron chi connectivity index (χ0n) is 16.4. The summed E-state index contributed by atoms with van der Waals surface area (Å²) in [6.07, 6.45) is 7.42. The number of benzene rings is 1. The molecule has 0 radical (unpaired) electrons. The molecule has 2 aromatic rings. The van der Waals surface area contributed by atoms with E-state index >= 15 is 0 Å². The lowest BCUT2D eigenvalue weighted by molar-refractivity contribution is 0.0895. The fraction of sp³-hybridized carbons (Fsp3) is 0.455. The minimum Gasteiger partial charge on any atom is -0.497 e. The van der Waals surface area contributed by atoms with Gasteiger partial charge in [0.05, 0.1) is 19.3 Å². The highest BCUT2D eigenvalue weighted by molar-refractivity contribution is 5.74. The highest BCUT2D eigenvalue weighted by Gasteiger charge is 2.26. The first-order valence-electron chi connectivity index (χ1n) is 9.91. The van der Waals surface area contributed by atoms with E-state index in [1.165, 1.54) is 0 Å². The van der Waals surface area contributed by atoms with Crippen LogP contribution in [0.1, 0.15) is 36.8 Å². The van der Waals surface area contributed by atoms with Crippen molar-refractivity contribution in [2.24, 2.45) is 0 Å². The average Bonchev–Trinajstić information content (AvgIpc) is 2.74. The number of urea groups is 1. The summed E-state index contributed by atoms with van der Waals surface area (Å²) in [6, 6.07) is 11.4. The average molecular weight is 383 g/mol. The van der Waals surface area contributed by atoms with Gasteiger partial charge in [0, 0.05) is 25.5 Å². The number of hydrogen-bond acceptors (Lipinski definition) is 4. The minimum atomic E-state index is -0.459. The van der Waals surface area contributed by atoms with E-state index in [1.54, 1.807) is 24.4 Å². The molecule has 3 rings (SSSR count). The van der Waals surface area contributed by atoms with Crippen molar-refractivity contribution >= 4 is 6.03 Å². The summed E-state index contributed by atoms with van der Waals surface area (Å²) in [5, 5.41) is 13.2. The number of hydrogen-bond donors (Lipinski definition) is 2. The van der Waals surface area contributed by atoms with Crippen LogP contribution in [0.2, 0.25) is 0 Å². The number of carbonyl (C=O) groups excluding carboxylic acids is 1. The van der Waals surface area contributed by atoms with Crippen molar-refractivity contribution in [2.45, 2.75) is 50.8 Å². The van der Waals surface area contributed by atoms with Gasteiger partial charge >= 0.3 is 6.03 Å². The van der Waals surface area contributed by atoms with Gasteiger partial charge in [0.15, 0.2) is 0 Å². The van der Waals surface area contributed by atoms with Crippen LogP contribution in [-0.2, 0) is 13.0 Å². The van der Waals surface area contributed by atoms with Gasteiger partial charge in [-0.2, -0.15) is 0 Å². The normalized spacial score (nSPS) is 19.1. The van der Waals surface area contributed by atoms with Gasteiger partial charge in [-0.1, -0.05) is 31.0 Å². The van der Waals surface area contributed by atoms with Gasteiger partial charge < -0.3 is 20.1 Å². The second kappa shape index (κ2) is 10.1. The first-order chi connectivity index (χ1) is 13.7. The molecular weight excluding hydrogens is 354 g/mol. The molecule has 1 aliphatic rings. The van der Waals surface area contributed by atoms with Crippen molar-refractivity contribution in [2.75, 3.05) is 13.7 Å². The third-order valence-corrected chi connectivity index (χ3v) is 5.25. The SMILES string of the molecule is COc1ccc(CCN(Cc2cccnc2)C(=O)N[C@@H]2CCCC[C@H]2O)cc1. The summed E-state index contributed by atoms with van der Waals surface area (Å²) < 4.78 is 5.20. The van der Waals surface area contributed by atoms with E-state index in [2.05, 4.69) is 10.3 Å². The van der Waals surface area contributed by atoms with Crippen LogP contribution in [0.15, 0.2) is 48.8 Å². The maximum absolute atomic E-state index is 12.9. The quantitative estimate of drug-likeness (QED) is 0.770. The van der Waals surface area contributed by atoms with Gasteiger partial charge in [-0.3, -0.25) is 4.98 Å². The number of aliphatic hydroxyl groups is 1. The number of aliphatic hydroxyl groups excluding tert-OH is 1. The molecule has 1 saturated carbocycles. The second-order valence-corrected chi connectivity index (χ2v) is 7.29. The van der Waals surface area contributed by atoms with E-state index in [-0.39, 0.29) is 12.1 Å². The number of amides is 2. The Hall–Kier alpha value is -2.60. The zero-order chi connectivity index (χ0) is 19.8. The van der Waals surface area contributed by atoms with Crippen LogP contribution >= 0.6 is 0 Å². The van der Waals surface area contributed by atoms with Crippen molar-refractivity contribution in [3.63, 3.8) is 0 Å². The number of ether oxygens (including phenoxy) is 1. The Morgan fingerprint density at radius 3 is 2.68 bits per heavy atom. The van der Waals surface area contributed by atoms with Crippen molar-refractivity contribution in [3.8, 4) is 5.75 Å². The van der Waals surface area contributed by atoms with Crippen molar-refractivity contribution in [3.05, 3.63) is 59.9 Å². The number of aromatic nitrogens is 1. The van der Waals surface area contributed by atoms with E-state index < -0.39 is 6.10 Å². The third-order valence-electron chi connectivity index (χ3n) is 5.25. The van der Waals surface area contributed by atoms with Gasteiger partial charge in [-0.15, -0.1) is 0 Å². The summed E-state index contributed by atoms with van der Waals surface area (Å²) in [5.41, 5.74) is 2.12. The highest BCUT2D eigenvalue weighted by Crippen LogP contribution is 2.19. The molecule has 2 amide bonds. The molecule has 150 valence electrons. The molecule has 28 heavy (non-hydrogen) atoms. The summed E-state index contributed by atoms with van der Waals surface area (Å²) in [4.78, 5) is 18.9. The van der Waals surface area contributed by atoms with Crippen LogP contribution in [0.3, 0.4) is 0 Å². The van der Waals surface area contributed by atoms with Crippen LogP contribution in [0.4, 0.5) is 4.79 Å². The predicted molar refractivity (Wildman–Crippen MR) is 108 cm³/mol. The van der Waals surface area contributed by atoms with Gasteiger partial charge in [0.1, 0.15) is 5.75 Å². The molecule has 0 spiro atoms. The number of pyridine rings is 1. The van der Waals surface area contributed by atoms with Crippen molar-refractivity contribution < 1.29 is 14.6 Å². The highest BCUT2D eigenvalue weighted by atomic mass is 16.5. The molecule has 1 aromatic heterocycles. The summed E-state index contributed by atoms with van der Waals surface area (Å²) in [7, 11) is 1.65. The van der Waals surface area contributed by atoms with Crippen molar-refractivity contribution in [1.82, 2.24) is 15.2 Å². The number of nitrogens with zero attached hydrogens (tertiary/aromatic N) is 2. The molecule has 1 aliphatic carbocycles. The lowest BCUT2D eigenvalue weighted by Crippen LogP contribution is -2.50. The molecule has 1 heterocycles. The van der Waals surface area contributed by atoms with Crippen LogP contribution < -0.4 is 10.1 Å². The lowest BCUT2D eigenvalue weighted by Gasteiger charge is -2.31. The number of methoxy groups -OCH3 is 1. The number of nitrogens with one attached hydrogen (secondary N) is 1. The van der Waals surface area contributed by atoms with E-state index in [1.807, 2.05) is 36.4 Å². The maximum Gasteiger partial charge on any atom is 0.318 e. The molecule has 6 nitrogen and oxygen atoms in total. The monoisotopic (exact) mass is 383 g/mol. The largest absolute Gasteiger partial charge is 0.497 e. The Morgan fingerprint density at radius 2 is 2.00 bits per heavy atom. The van der Waals surface area contributed by atoms with Gasteiger partial charge in [0.25, 0.3) is 0 Å². The molecule has 2 atom stereocenters. The maximum atomic E-state index is 12.9. The van der Waals surface area contributed by atoms with E-state index in [4.69, 9.17) is 4.74 Å². The Labute approximate surface area is 166 Å². The Kier molecular flexibility index (Phi) is 7.25. The standard InChI is InChI=1S/C22H29N3O3/c1-28-19-10-8-17(9-11-19)12-14-25(16-18-5-4-13-23-15-18)22(27)24-20-6-2-3-7-21(20)26/h4-5,8-11,13,15,20-21,26H,2-3,6-7,12,14,16H2,1H3,(H,24,27)/t20-,21-/m1/s1. The zero-order valence-corrected chi connectivity index (χ0v) is 16.4. The van der Waals surface area contributed by atoms with Gasteiger partial charge in [-0.25, -0.2) is 4.79 Å². The third kappa shape index (κ3) is 5.70. The van der Waals surface area contributed by atoms with E-state index in [9.17, 15) is 9.90 Å². The van der Waals surface area contributed by atoms with Crippen molar-refractivity contribution in [1.29, 1.82) is 0 Å². The molecule has 1 aromatic carbocycles. The topological polar surface area (TPSA) is 74.7 Å². The Bertz CT molecular complexity index is 736. The van der Waals surface area contributed by atoms with E-state index in [0.29, 0.717) is 13.1 Å². The summed E-state index contributed by atoms with van der Waals surface area (Å²) in [5.74, 6) is 0.819. The Balaban J connectivity index is 1.65. The first-order valence-corrected chi connectivity index (χ1v) is 9.91. The molecule has 0 bridgehead atoms. The molecule has 0 unspecified atom stereocenters. The predicted octanol–water partition coefficient (Wildman–Crippen LogP) is 3.15. The van der Waals surface area contributed by atoms with E-state index in [0.717, 1.165) is 49.0 Å². The summed E-state index contributed by atoms with van der Waals surface area (Å²) in [6.45, 7) is 1.06. The molecule has 0 saturated heterocycles. The van der Waals surface area contributed by atoms with Crippen LogP contribution in [0.25, 0.3) is 0 Å². The number of carbonyl (C=O) groups is 1. The summed E-state index contributed by atoms with van der Waals surface area (Å²) >= 11 is 0. The van der Waals surface area contributed by atoms with Gasteiger partial charge in [-0.05, 0) is 48.6 Å². The fourth-order valence-electron chi connectivity index (χ4n) is 3.55. The molecule has 2 N–H and O–H groups in total. The van der Waals surface area contributed by atoms with Gasteiger partial charge in [0.2, 0.25) is 0 Å². The van der Waals surface area contributed by atoms with Crippen LogP contribution in [0, 0.1) is 0 Å². The molecular formula is C22H29N3O3. The molecule has 0 aliphatic heterocycles. The van der Waals surface area contributed by atoms with Crippen LogP contribution in [-0.4, -0.2) is 46.8 Å². The Morgan fingerprint density at radius 1 is 1.21 bits per heavy atom. The second-order valence-electron chi connectivity index (χ2n) is 7.29. The molecule has 6 heteroatoms. The fourth-order valence-corrected chi connectivity index (χ4v) is 3.55. The molecule has 1 fully saturated rings. The first kappa shape index (κ1) is 20.1. The lowest BCUT2D eigenvalue weighted by atomic mass is 9.93. The number of rotatable bonds is 7. The van der Waals surface area contributed by atoms with Crippen LogP contribution in [0.5, 0.6) is 5.75 Å².